The Bertz CT molecular complexity index is 1030. The van der Waals surface area contributed by atoms with Gasteiger partial charge in [0.2, 0.25) is 0 Å². The lowest BCUT2D eigenvalue weighted by Crippen LogP contribution is -2.48. The zero-order chi connectivity index (χ0) is 17.2. The van der Waals surface area contributed by atoms with E-state index < -0.39 is 0 Å². The van der Waals surface area contributed by atoms with Crippen molar-refractivity contribution < 1.29 is 4.79 Å². The number of fused-ring (bicyclic) bond motifs is 1. The van der Waals surface area contributed by atoms with Crippen LogP contribution in [0.15, 0.2) is 70.5 Å². The third-order valence-electron chi connectivity index (χ3n) is 4.04. The topological polar surface area (TPSA) is 70.6 Å². The Balaban J connectivity index is 1.69. The lowest BCUT2D eigenvalue weighted by molar-refractivity contribution is 0.239. The van der Waals surface area contributed by atoms with Crippen LogP contribution in [0.2, 0.25) is 0 Å². The molecule has 0 saturated carbocycles. The molecule has 1 atom stereocenters. The van der Waals surface area contributed by atoms with Crippen molar-refractivity contribution in [3.63, 3.8) is 0 Å². The van der Waals surface area contributed by atoms with Crippen molar-refractivity contribution in [2.75, 3.05) is 0 Å². The van der Waals surface area contributed by atoms with Crippen molar-refractivity contribution in [2.24, 2.45) is 4.99 Å². The lowest BCUT2D eigenvalue weighted by Gasteiger charge is -2.25. The fraction of sp³-hybridized carbons (Fsp3) is 0.105. The molecule has 1 aliphatic heterocycles. The van der Waals surface area contributed by atoms with E-state index in [1.165, 1.54) is 0 Å². The molecule has 0 radical (unpaired) electrons. The Labute approximate surface area is 148 Å². The molecule has 1 aromatic heterocycles. The number of carbonyl (C=O) groups excluding carboxylic acids is 1. The van der Waals surface area contributed by atoms with Crippen LogP contribution in [0.3, 0.4) is 0 Å². The summed E-state index contributed by atoms with van der Waals surface area (Å²) in [7, 11) is 0. The van der Waals surface area contributed by atoms with Crippen molar-refractivity contribution in [1.29, 1.82) is 0 Å². The van der Waals surface area contributed by atoms with Gasteiger partial charge in [-0.3, -0.25) is 10.1 Å². The third-order valence-corrected chi connectivity index (χ3v) is 5.03. The van der Waals surface area contributed by atoms with Crippen LogP contribution < -0.4 is 15.4 Å². The monoisotopic (exact) mass is 349 g/mol. The second-order valence-corrected chi connectivity index (χ2v) is 6.80. The van der Waals surface area contributed by atoms with Crippen molar-refractivity contribution in [3.8, 4) is 0 Å². The number of nitrogens with zero attached hydrogens (tertiary/aromatic N) is 1. The predicted molar refractivity (Wildman–Crippen MR) is 101 cm³/mol. The molecular formula is C19H15N3O2S. The minimum atomic E-state index is -0.309. The van der Waals surface area contributed by atoms with Crippen molar-refractivity contribution in [3.05, 3.63) is 75.8 Å². The molecule has 124 valence electrons. The lowest BCUT2D eigenvalue weighted by atomic mass is 10.0. The maximum Gasteiger partial charge on any atom is 0.320 e. The summed E-state index contributed by atoms with van der Waals surface area (Å²) in [6.07, 6.45) is 0.507. The zero-order valence-electron chi connectivity index (χ0n) is 13.2. The van der Waals surface area contributed by atoms with Gasteiger partial charge in [-0.05, 0) is 23.1 Å². The Morgan fingerprint density at radius 2 is 1.76 bits per heavy atom. The summed E-state index contributed by atoms with van der Waals surface area (Å²) in [5.41, 5.74) is 1.36. The second kappa shape index (κ2) is 6.49. The summed E-state index contributed by atoms with van der Waals surface area (Å²) < 4.78 is 0.809. The van der Waals surface area contributed by atoms with E-state index in [1.807, 2.05) is 54.6 Å². The first-order valence-electron chi connectivity index (χ1n) is 7.92. The second-order valence-electron chi connectivity index (χ2n) is 5.78. The van der Waals surface area contributed by atoms with Gasteiger partial charge in [0.15, 0.2) is 0 Å². The highest BCUT2D eigenvalue weighted by Gasteiger charge is 2.24. The maximum atomic E-state index is 12.3. The summed E-state index contributed by atoms with van der Waals surface area (Å²) in [6.45, 7) is 0. The van der Waals surface area contributed by atoms with Gasteiger partial charge in [-0.15, -0.1) is 0 Å². The summed E-state index contributed by atoms with van der Waals surface area (Å²) in [4.78, 5) is 28.7. The fourth-order valence-electron chi connectivity index (χ4n) is 2.86. The van der Waals surface area contributed by atoms with Crippen LogP contribution in [0.1, 0.15) is 18.0 Å². The standard InChI is InChI=1S/C19H15N3O2S/c23-18-15(10-13-8-4-5-9-16(13)25-18)20-17-11-14(21-19(24)22-17)12-6-2-1-3-7-12/h1-10,14H,11H2,(H2,20,21,22,24). The Kier molecular flexibility index (Phi) is 4.03. The normalized spacial score (nSPS) is 18.8. The van der Waals surface area contributed by atoms with Crippen molar-refractivity contribution in [1.82, 2.24) is 10.6 Å². The van der Waals surface area contributed by atoms with Crippen LogP contribution in [0.5, 0.6) is 0 Å². The number of rotatable bonds is 2. The maximum absolute atomic E-state index is 12.3. The molecular weight excluding hydrogens is 334 g/mol. The van der Waals surface area contributed by atoms with E-state index in [0.717, 1.165) is 27.0 Å². The number of nitrogens with one attached hydrogen (secondary N) is 2. The van der Waals surface area contributed by atoms with Crippen molar-refractivity contribution >= 4 is 39.0 Å². The molecule has 25 heavy (non-hydrogen) atoms. The van der Waals surface area contributed by atoms with Crippen LogP contribution in [-0.2, 0) is 0 Å². The van der Waals surface area contributed by atoms with Gasteiger partial charge in [-0.25, -0.2) is 9.79 Å². The van der Waals surface area contributed by atoms with Gasteiger partial charge in [0.05, 0.1) is 6.04 Å². The summed E-state index contributed by atoms with van der Waals surface area (Å²) in [5.74, 6) is 0.497. The first kappa shape index (κ1) is 15.5. The minimum Gasteiger partial charge on any atom is -0.331 e. The highest BCUT2D eigenvalue weighted by molar-refractivity contribution is 7.16. The highest BCUT2D eigenvalue weighted by atomic mass is 32.1. The molecule has 0 aliphatic carbocycles. The van der Waals surface area contributed by atoms with E-state index in [4.69, 9.17) is 0 Å². The minimum absolute atomic E-state index is 0.116. The van der Waals surface area contributed by atoms with E-state index >= 15 is 0 Å². The average molecular weight is 349 g/mol. The summed E-state index contributed by atoms with van der Waals surface area (Å²) in [5, 5.41) is 6.56. The molecule has 2 N–H and O–H groups in total. The highest BCUT2D eigenvalue weighted by Crippen LogP contribution is 2.23. The van der Waals surface area contributed by atoms with Gasteiger partial charge >= 0.3 is 6.03 Å². The number of benzene rings is 2. The van der Waals surface area contributed by atoms with Crippen LogP contribution in [0.4, 0.5) is 10.5 Å². The van der Waals surface area contributed by atoms with Gasteiger partial charge in [-0.1, -0.05) is 59.9 Å². The number of amides is 2. The molecule has 4 rings (SSSR count). The van der Waals surface area contributed by atoms with Crippen molar-refractivity contribution in [2.45, 2.75) is 12.5 Å². The molecule has 1 aliphatic rings. The summed E-state index contributed by atoms with van der Waals surface area (Å²) >= 11 is 1.16. The molecule has 1 fully saturated rings. The van der Waals surface area contributed by atoms with E-state index in [2.05, 4.69) is 15.6 Å². The summed E-state index contributed by atoms with van der Waals surface area (Å²) in [6, 6.07) is 18.7. The van der Waals surface area contributed by atoms with Gasteiger partial charge in [0.1, 0.15) is 11.5 Å². The molecule has 2 amide bonds. The molecule has 6 heteroatoms. The quantitative estimate of drug-likeness (QED) is 0.740. The zero-order valence-corrected chi connectivity index (χ0v) is 14.0. The van der Waals surface area contributed by atoms with Gasteiger partial charge in [-0.2, -0.15) is 0 Å². The largest absolute Gasteiger partial charge is 0.331 e. The molecule has 0 bridgehead atoms. The van der Waals surface area contributed by atoms with Gasteiger partial charge in [0.25, 0.3) is 4.74 Å². The number of aliphatic imine (C=N–C) groups is 1. The predicted octanol–water partition coefficient (Wildman–Crippen LogP) is 3.74. The van der Waals surface area contributed by atoms with Crippen LogP contribution in [0.25, 0.3) is 10.1 Å². The molecule has 1 unspecified atom stereocenters. The SMILES string of the molecule is O=C1NC(=Nc2cc3ccccc3sc2=O)CC(c2ccccc2)N1. The van der Waals surface area contributed by atoms with E-state index in [-0.39, 0.29) is 16.8 Å². The Morgan fingerprint density at radius 3 is 2.60 bits per heavy atom. The van der Waals surface area contributed by atoms with E-state index in [9.17, 15) is 9.59 Å². The molecule has 2 aromatic carbocycles. The number of urea groups is 1. The number of hydrogen-bond donors (Lipinski definition) is 2. The smallest absolute Gasteiger partial charge is 0.320 e. The number of carbonyl (C=O) groups is 1. The molecule has 3 aromatic rings. The van der Waals surface area contributed by atoms with E-state index in [0.29, 0.717) is 17.9 Å². The molecule has 5 nitrogen and oxygen atoms in total. The molecule has 0 spiro atoms. The van der Waals surface area contributed by atoms with Crippen LogP contribution in [0, 0.1) is 0 Å². The first-order valence-corrected chi connectivity index (χ1v) is 8.73. The van der Waals surface area contributed by atoms with Crippen LogP contribution >= 0.6 is 11.3 Å². The Morgan fingerprint density at radius 1 is 1.00 bits per heavy atom. The number of hydrogen-bond acceptors (Lipinski definition) is 4. The first-order chi connectivity index (χ1) is 12.2. The average Bonchev–Trinajstić information content (AvgIpc) is 2.63. The van der Waals surface area contributed by atoms with Crippen LogP contribution in [-0.4, -0.2) is 11.9 Å². The fourth-order valence-corrected chi connectivity index (χ4v) is 3.66. The van der Waals surface area contributed by atoms with Gasteiger partial charge in [0, 0.05) is 11.1 Å². The molecule has 2 heterocycles. The molecule has 1 saturated heterocycles. The Hall–Kier alpha value is -2.99. The van der Waals surface area contributed by atoms with Gasteiger partial charge < -0.3 is 5.32 Å². The number of amidine groups is 1. The van der Waals surface area contributed by atoms with E-state index in [1.54, 1.807) is 6.07 Å². The third kappa shape index (κ3) is 3.29.